The predicted octanol–water partition coefficient (Wildman–Crippen LogP) is 1.77. The van der Waals surface area contributed by atoms with Crippen LogP contribution in [0.25, 0.3) is 0 Å². The molecule has 24 heavy (non-hydrogen) atoms. The number of ether oxygens (including phenoxy) is 2. The molecule has 134 valence electrons. The number of amides is 2. The summed E-state index contributed by atoms with van der Waals surface area (Å²) in [5, 5.41) is 2.27. The standard InChI is InChI=1S/C15H19F3N2O4/c1-23-9-7-20(8-10-24-2)14(22)13(21)19-12-5-3-11(4-6-12)15(16,17)18/h3-6H,7-10H2,1-2H3,(H,19,21). The average molecular weight is 348 g/mol. The lowest BCUT2D eigenvalue weighted by atomic mass is 10.2. The van der Waals surface area contributed by atoms with E-state index in [2.05, 4.69) is 5.32 Å². The van der Waals surface area contributed by atoms with Crippen LogP contribution in [0, 0.1) is 0 Å². The molecule has 9 heteroatoms. The van der Waals surface area contributed by atoms with Crippen molar-refractivity contribution in [2.75, 3.05) is 45.8 Å². The van der Waals surface area contributed by atoms with E-state index in [9.17, 15) is 22.8 Å². The first-order chi connectivity index (χ1) is 11.3. The Labute approximate surface area is 137 Å². The molecular weight excluding hydrogens is 329 g/mol. The van der Waals surface area contributed by atoms with E-state index in [-0.39, 0.29) is 32.0 Å². The Balaban J connectivity index is 2.71. The van der Waals surface area contributed by atoms with Crippen molar-refractivity contribution in [2.24, 2.45) is 0 Å². The number of nitrogens with one attached hydrogen (secondary N) is 1. The summed E-state index contributed by atoms with van der Waals surface area (Å²) in [7, 11) is 2.92. The second-order valence-electron chi connectivity index (χ2n) is 4.81. The number of hydrogen-bond acceptors (Lipinski definition) is 4. The smallest absolute Gasteiger partial charge is 0.383 e. The third-order valence-electron chi connectivity index (χ3n) is 3.08. The second-order valence-corrected chi connectivity index (χ2v) is 4.81. The normalized spacial score (nSPS) is 11.2. The molecule has 0 aliphatic heterocycles. The summed E-state index contributed by atoms with van der Waals surface area (Å²) in [5.74, 6) is -1.76. The molecule has 2 amide bonds. The number of methoxy groups -OCH3 is 2. The van der Waals surface area contributed by atoms with Crippen LogP contribution in [0.2, 0.25) is 0 Å². The largest absolute Gasteiger partial charge is 0.416 e. The Hall–Kier alpha value is -2.13. The maximum atomic E-state index is 12.5. The molecule has 0 unspecified atom stereocenters. The fraction of sp³-hybridized carbons (Fsp3) is 0.467. The molecule has 0 bridgehead atoms. The Morgan fingerprint density at radius 3 is 1.96 bits per heavy atom. The van der Waals surface area contributed by atoms with Gasteiger partial charge < -0.3 is 19.7 Å². The molecule has 0 aliphatic carbocycles. The summed E-state index contributed by atoms with van der Waals surface area (Å²) in [5.41, 5.74) is -0.742. The van der Waals surface area contributed by atoms with E-state index in [1.807, 2.05) is 0 Å². The van der Waals surface area contributed by atoms with Crippen molar-refractivity contribution < 1.29 is 32.2 Å². The van der Waals surface area contributed by atoms with Crippen molar-refractivity contribution >= 4 is 17.5 Å². The van der Waals surface area contributed by atoms with E-state index in [0.29, 0.717) is 0 Å². The highest BCUT2D eigenvalue weighted by atomic mass is 19.4. The first kappa shape index (κ1) is 19.9. The van der Waals surface area contributed by atoms with Gasteiger partial charge in [-0.25, -0.2) is 0 Å². The van der Waals surface area contributed by atoms with Crippen LogP contribution < -0.4 is 5.32 Å². The third-order valence-corrected chi connectivity index (χ3v) is 3.08. The van der Waals surface area contributed by atoms with Crippen LogP contribution in [0.15, 0.2) is 24.3 Å². The summed E-state index contributed by atoms with van der Waals surface area (Å²) < 4.78 is 47.2. The van der Waals surface area contributed by atoms with Crippen molar-refractivity contribution in [2.45, 2.75) is 6.18 Å². The Morgan fingerprint density at radius 1 is 1.04 bits per heavy atom. The zero-order valence-electron chi connectivity index (χ0n) is 13.4. The van der Waals surface area contributed by atoms with Gasteiger partial charge in [-0.1, -0.05) is 0 Å². The van der Waals surface area contributed by atoms with E-state index in [0.717, 1.165) is 24.3 Å². The van der Waals surface area contributed by atoms with Gasteiger partial charge in [-0.15, -0.1) is 0 Å². The first-order valence-electron chi connectivity index (χ1n) is 7.05. The number of benzene rings is 1. The van der Waals surface area contributed by atoms with Crippen LogP contribution in [0.4, 0.5) is 18.9 Å². The Kier molecular flexibility index (Phi) is 7.66. The molecule has 1 aromatic rings. The fourth-order valence-corrected chi connectivity index (χ4v) is 1.79. The lowest BCUT2D eigenvalue weighted by Gasteiger charge is -2.21. The fourth-order valence-electron chi connectivity index (χ4n) is 1.79. The minimum absolute atomic E-state index is 0.0970. The number of rotatable bonds is 7. The molecule has 0 heterocycles. The summed E-state index contributed by atoms with van der Waals surface area (Å²) in [6.45, 7) is 0.865. The quantitative estimate of drug-likeness (QED) is 0.763. The molecular formula is C15H19F3N2O4. The molecule has 0 saturated carbocycles. The van der Waals surface area contributed by atoms with Crippen LogP contribution in [0.1, 0.15) is 5.56 Å². The molecule has 0 radical (unpaired) electrons. The number of nitrogens with zero attached hydrogens (tertiary/aromatic N) is 1. The molecule has 1 rings (SSSR count). The molecule has 1 aromatic carbocycles. The van der Waals surface area contributed by atoms with Crippen LogP contribution >= 0.6 is 0 Å². The summed E-state index contributed by atoms with van der Waals surface area (Å²) in [6, 6.07) is 3.83. The number of carbonyl (C=O) groups is 2. The maximum Gasteiger partial charge on any atom is 0.416 e. The van der Waals surface area contributed by atoms with Crippen LogP contribution in [-0.2, 0) is 25.2 Å². The molecule has 0 aliphatic rings. The first-order valence-corrected chi connectivity index (χ1v) is 7.05. The zero-order valence-corrected chi connectivity index (χ0v) is 13.4. The minimum Gasteiger partial charge on any atom is -0.383 e. The van der Waals surface area contributed by atoms with Crippen molar-refractivity contribution in [3.05, 3.63) is 29.8 Å². The van der Waals surface area contributed by atoms with Crippen molar-refractivity contribution in [1.29, 1.82) is 0 Å². The lowest BCUT2D eigenvalue weighted by Crippen LogP contribution is -2.43. The van der Waals surface area contributed by atoms with E-state index in [1.165, 1.54) is 19.1 Å². The molecule has 0 aromatic heterocycles. The van der Waals surface area contributed by atoms with Gasteiger partial charge in [0.15, 0.2) is 0 Å². The zero-order chi connectivity index (χ0) is 18.2. The van der Waals surface area contributed by atoms with Gasteiger partial charge in [-0.2, -0.15) is 13.2 Å². The number of anilines is 1. The Morgan fingerprint density at radius 2 is 1.54 bits per heavy atom. The summed E-state index contributed by atoms with van der Waals surface area (Å²) in [4.78, 5) is 25.3. The van der Waals surface area contributed by atoms with Crippen molar-refractivity contribution in [3.8, 4) is 0 Å². The second kappa shape index (κ2) is 9.24. The SMILES string of the molecule is COCCN(CCOC)C(=O)C(=O)Nc1ccc(C(F)(F)F)cc1. The van der Waals surface area contributed by atoms with Crippen molar-refractivity contribution in [1.82, 2.24) is 4.90 Å². The summed E-state index contributed by atoms with van der Waals surface area (Å²) >= 11 is 0. The molecule has 0 atom stereocenters. The molecule has 0 fully saturated rings. The van der Waals surface area contributed by atoms with Crippen LogP contribution in [-0.4, -0.2) is 57.2 Å². The highest BCUT2D eigenvalue weighted by Gasteiger charge is 2.30. The number of halogens is 3. The molecule has 1 N–H and O–H groups in total. The van der Waals surface area contributed by atoms with Gasteiger partial charge >= 0.3 is 18.0 Å². The minimum atomic E-state index is -4.46. The predicted molar refractivity (Wildman–Crippen MR) is 80.4 cm³/mol. The molecule has 0 spiro atoms. The van der Waals surface area contributed by atoms with Gasteiger partial charge in [0.2, 0.25) is 0 Å². The highest BCUT2D eigenvalue weighted by molar-refractivity contribution is 6.39. The van der Waals surface area contributed by atoms with Gasteiger partial charge in [-0.05, 0) is 24.3 Å². The van der Waals surface area contributed by atoms with Gasteiger partial charge in [0.25, 0.3) is 0 Å². The van der Waals surface area contributed by atoms with Crippen LogP contribution in [0.3, 0.4) is 0 Å². The van der Waals surface area contributed by atoms with Crippen LogP contribution in [0.5, 0.6) is 0 Å². The van der Waals surface area contributed by atoms with E-state index in [1.54, 1.807) is 0 Å². The maximum absolute atomic E-state index is 12.5. The molecule has 6 nitrogen and oxygen atoms in total. The van der Waals surface area contributed by atoms with Gasteiger partial charge in [-0.3, -0.25) is 9.59 Å². The van der Waals surface area contributed by atoms with Gasteiger partial charge in [0.05, 0.1) is 18.8 Å². The van der Waals surface area contributed by atoms with E-state index in [4.69, 9.17) is 9.47 Å². The Bertz CT molecular complexity index is 539. The number of alkyl halides is 3. The lowest BCUT2D eigenvalue weighted by molar-refractivity contribution is -0.144. The monoisotopic (exact) mass is 348 g/mol. The number of carbonyl (C=O) groups excluding carboxylic acids is 2. The summed E-state index contributed by atoms with van der Waals surface area (Å²) in [6.07, 6.45) is -4.46. The average Bonchev–Trinajstić information content (AvgIpc) is 2.54. The van der Waals surface area contributed by atoms with Gasteiger partial charge in [0.1, 0.15) is 0 Å². The highest BCUT2D eigenvalue weighted by Crippen LogP contribution is 2.29. The topological polar surface area (TPSA) is 67.9 Å². The van der Waals surface area contributed by atoms with Gasteiger partial charge in [0, 0.05) is 33.0 Å². The van der Waals surface area contributed by atoms with E-state index >= 15 is 0 Å². The molecule has 0 saturated heterocycles. The van der Waals surface area contributed by atoms with E-state index < -0.39 is 23.6 Å². The number of hydrogen-bond donors (Lipinski definition) is 1. The third kappa shape index (κ3) is 6.17. The van der Waals surface area contributed by atoms with Crippen molar-refractivity contribution in [3.63, 3.8) is 0 Å².